The van der Waals surface area contributed by atoms with E-state index in [0.717, 1.165) is 0 Å². The second-order valence-corrected chi connectivity index (χ2v) is 7.06. The molecule has 0 fully saturated rings. The summed E-state index contributed by atoms with van der Waals surface area (Å²) in [5.41, 5.74) is 0.0810. The maximum Gasteiger partial charge on any atom is 0.280 e. The van der Waals surface area contributed by atoms with Gasteiger partial charge in [0.25, 0.3) is 17.5 Å². The molecular weight excluding hydrogens is 454 g/mol. The van der Waals surface area contributed by atoms with Gasteiger partial charge >= 0.3 is 0 Å². The first kappa shape index (κ1) is 24.8. The molecule has 10 heteroatoms. The first-order chi connectivity index (χ1) is 16.9. The molecule has 0 atom stereocenters. The molecule has 0 bridgehead atoms. The van der Waals surface area contributed by atoms with Gasteiger partial charge in [-0.15, -0.1) is 0 Å². The summed E-state index contributed by atoms with van der Waals surface area (Å²) < 4.78 is 15.7. The van der Waals surface area contributed by atoms with Crippen molar-refractivity contribution in [3.05, 3.63) is 93.7 Å². The third kappa shape index (κ3) is 5.93. The fraction of sp³-hybridized carbons (Fsp3) is 0.120. The average Bonchev–Trinajstić information content (AvgIpc) is 2.88. The first-order valence-corrected chi connectivity index (χ1v) is 10.3. The van der Waals surface area contributed by atoms with Gasteiger partial charge in [-0.05, 0) is 36.4 Å². The number of amides is 2. The van der Waals surface area contributed by atoms with Crippen LogP contribution < -0.4 is 24.8 Å². The highest BCUT2D eigenvalue weighted by Crippen LogP contribution is 2.35. The van der Waals surface area contributed by atoms with Crippen molar-refractivity contribution in [2.75, 3.05) is 26.6 Å². The van der Waals surface area contributed by atoms with E-state index in [1.165, 1.54) is 39.5 Å². The summed E-state index contributed by atoms with van der Waals surface area (Å²) in [6, 6.07) is 17.5. The van der Waals surface area contributed by atoms with Crippen LogP contribution in [0.3, 0.4) is 0 Å². The van der Waals surface area contributed by atoms with Crippen LogP contribution in [-0.4, -0.2) is 38.1 Å². The number of hydrogen-bond donors (Lipinski definition) is 2. The van der Waals surface area contributed by atoms with E-state index in [1.54, 1.807) is 54.6 Å². The summed E-state index contributed by atoms with van der Waals surface area (Å²) in [7, 11) is 4.18. The minimum Gasteiger partial charge on any atom is -0.495 e. The summed E-state index contributed by atoms with van der Waals surface area (Å²) in [4.78, 5) is 37.2. The van der Waals surface area contributed by atoms with E-state index >= 15 is 0 Å². The number of para-hydroxylation sites is 2. The van der Waals surface area contributed by atoms with E-state index in [2.05, 4.69) is 10.6 Å². The first-order valence-electron chi connectivity index (χ1n) is 10.3. The van der Waals surface area contributed by atoms with Crippen LogP contribution in [0.2, 0.25) is 0 Å². The smallest absolute Gasteiger partial charge is 0.280 e. The highest BCUT2D eigenvalue weighted by molar-refractivity contribution is 6.11. The lowest BCUT2D eigenvalue weighted by molar-refractivity contribution is -0.385. The highest BCUT2D eigenvalue weighted by atomic mass is 16.6. The van der Waals surface area contributed by atoms with Gasteiger partial charge in [-0.25, -0.2) is 0 Å². The molecule has 0 spiro atoms. The molecule has 2 amide bonds. The fourth-order valence-electron chi connectivity index (χ4n) is 3.19. The summed E-state index contributed by atoms with van der Waals surface area (Å²) in [6.07, 6.45) is 1.20. The number of nitrogens with one attached hydrogen (secondary N) is 2. The van der Waals surface area contributed by atoms with Crippen molar-refractivity contribution < 1.29 is 28.7 Å². The highest BCUT2D eigenvalue weighted by Gasteiger charge is 2.22. The number of nitro groups is 1. The molecule has 2 N–H and O–H groups in total. The maximum absolute atomic E-state index is 13.2. The monoisotopic (exact) mass is 477 g/mol. The Balaban J connectivity index is 2.09. The van der Waals surface area contributed by atoms with Gasteiger partial charge in [-0.2, -0.15) is 0 Å². The largest absolute Gasteiger partial charge is 0.495 e. The zero-order chi connectivity index (χ0) is 25.4. The van der Waals surface area contributed by atoms with Crippen molar-refractivity contribution in [3.8, 4) is 17.2 Å². The third-order valence-electron chi connectivity index (χ3n) is 4.91. The van der Waals surface area contributed by atoms with E-state index in [4.69, 9.17) is 14.2 Å². The Morgan fingerprint density at radius 3 is 2.09 bits per heavy atom. The van der Waals surface area contributed by atoms with Gasteiger partial charge < -0.3 is 24.8 Å². The van der Waals surface area contributed by atoms with E-state index < -0.39 is 16.7 Å². The SMILES string of the molecule is COc1ccccc1NC(=O)C(=Cc1cc(OC)c(OC)cc1[N+](=O)[O-])NC(=O)c1ccccc1. The molecule has 0 radical (unpaired) electrons. The molecule has 3 rings (SSSR count). The number of ether oxygens (including phenoxy) is 3. The van der Waals surface area contributed by atoms with E-state index in [0.29, 0.717) is 17.0 Å². The van der Waals surface area contributed by atoms with Crippen molar-refractivity contribution in [2.45, 2.75) is 0 Å². The molecule has 0 heterocycles. The molecule has 10 nitrogen and oxygen atoms in total. The number of carbonyl (C=O) groups excluding carboxylic acids is 2. The van der Waals surface area contributed by atoms with Crippen molar-refractivity contribution in [3.63, 3.8) is 0 Å². The van der Waals surface area contributed by atoms with Crippen molar-refractivity contribution in [1.82, 2.24) is 5.32 Å². The van der Waals surface area contributed by atoms with E-state index in [1.807, 2.05) is 0 Å². The van der Waals surface area contributed by atoms with E-state index in [-0.39, 0.29) is 28.4 Å². The average molecular weight is 477 g/mol. The lowest BCUT2D eigenvalue weighted by atomic mass is 10.1. The maximum atomic E-state index is 13.2. The summed E-state index contributed by atoms with van der Waals surface area (Å²) >= 11 is 0. The number of anilines is 1. The molecule has 0 aliphatic heterocycles. The molecule has 3 aromatic rings. The summed E-state index contributed by atoms with van der Waals surface area (Å²) in [6.45, 7) is 0. The van der Waals surface area contributed by atoms with Crippen LogP contribution in [0, 0.1) is 10.1 Å². The molecule has 35 heavy (non-hydrogen) atoms. The topological polar surface area (TPSA) is 129 Å². The number of benzene rings is 3. The Morgan fingerprint density at radius 2 is 1.46 bits per heavy atom. The van der Waals surface area contributed by atoms with Crippen LogP contribution in [0.25, 0.3) is 6.08 Å². The Hall–Kier alpha value is -4.86. The van der Waals surface area contributed by atoms with Crippen LogP contribution in [0.4, 0.5) is 11.4 Å². The predicted molar refractivity (Wildman–Crippen MR) is 130 cm³/mol. The summed E-state index contributed by atoms with van der Waals surface area (Å²) in [5.74, 6) is -0.544. The van der Waals surface area contributed by atoms with Gasteiger partial charge in [-0.3, -0.25) is 19.7 Å². The Labute approximate surface area is 201 Å². The van der Waals surface area contributed by atoms with Crippen LogP contribution >= 0.6 is 0 Å². The third-order valence-corrected chi connectivity index (χ3v) is 4.91. The minimum absolute atomic E-state index is 0.0196. The second kappa shape index (κ2) is 11.3. The molecule has 0 aliphatic carbocycles. The van der Waals surface area contributed by atoms with Gasteiger partial charge in [0, 0.05) is 5.56 Å². The number of rotatable bonds is 9. The number of carbonyl (C=O) groups is 2. The molecule has 180 valence electrons. The molecule has 0 saturated carbocycles. The van der Waals surface area contributed by atoms with Crippen LogP contribution in [0.15, 0.2) is 72.4 Å². The number of nitro benzene ring substituents is 1. The molecule has 0 unspecified atom stereocenters. The lowest BCUT2D eigenvalue weighted by Gasteiger charge is -2.14. The standard InChI is InChI=1S/C25H23N3O7/c1-33-21-12-8-7-11-18(21)26-25(30)19(27-24(29)16-9-5-4-6-10-16)13-17-14-22(34-2)23(35-3)15-20(17)28(31)32/h4-15H,1-3H3,(H,26,30)(H,27,29). The van der Waals surface area contributed by atoms with Crippen LogP contribution in [0.1, 0.15) is 15.9 Å². The zero-order valence-electron chi connectivity index (χ0n) is 19.2. The number of hydrogen-bond acceptors (Lipinski definition) is 7. The number of nitrogens with zero attached hydrogens (tertiary/aromatic N) is 1. The normalized spacial score (nSPS) is 10.8. The van der Waals surface area contributed by atoms with Gasteiger partial charge in [0.05, 0.1) is 43.6 Å². The summed E-state index contributed by atoms with van der Waals surface area (Å²) in [5, 5.41) is 16.9. The minimum atomic E-state index is -0.720. The predicted octanol–water partition coefficient (Wildman–Crippen LogP) is 4.03. The zero-order valence-corrected chi connectivity index (χ0v) is 19.2. The van der Waals surface area contributed by atoms with Gasteiger partial charge in [0.1, 0.15) is 11.4 Å². The molecular formula is C25H23N3O7. The quantitative estimate of drug-likeness (QED) is 0.270. The molecule has 0 saturated heterocycles. The van der Waals surface area contributed by atoms with E-state index in [9.17, 15) is 19.7 Å². The fourth-order valence-corrected chi connectivity index (χ4v) is 3.19. The van der Waals surface area contributed by atoms with Crippen LogP contribution in [-0.2, 0) is 4.79 Å². The Bertz CT molecular complexity index is 1270. The van der Waals surface area contributed by atoms with Crippen LogP contribution in [0.5, 0.6) is 17.2 Å². The Kier molecular flexibility index (Phi) is 8.02. The van der Waals surface area contributed by atoms with Crippen molar-refractivity contribution >= 4 is 29.3 Å². The number of methoxy groups -OCH3 is 3. The van der Waals surface area contributed by atoms with Crippen molar-refractivity contribution in [1.29, 1.82) is 0 Å². The second-order valence-electron chi connectivity index (χ2n) is 7.06. The van der Waals surface area contributed by atoms with Crippen molar-refractivity contribution in [2.24, 2.45) is 0 Å². The molecule has 0 aliphatic rings. The van der Waals surface area contributed by atoms with Gasteiger partial charge in [0.2, 0.25) is 0 Å². The lowest BCUT2D eigenvalue weighted by Crippen LogP contribution is -2.30. The van der Waals surface area contributed by atoms with Gasteiger partial charge in [-0.1, -0.05) is 30.3 Å². The Morgan fingerprint density at radius 1 is 0.857 bits per heavy atom. The van der Waals surface area contributed by atoms with Gasteiger partial charge in [0.15, 0.2) is 11.5 Å². The molecule has 3 aromatic carbocycles. The molecule has 0 aromatic heterocycles.